The Morgan fingerprint density at radius 2 is 1.96 bits per heavy atom. The average Bonchev–Trinajstić information content (AvgIpc) is 3.08. The van der Waals surface area contributed by atoms with Gasteiger partial charge in [0.25, 0.3) is 11.5 Å². The van der Waals surface area contributed by atoms with Crippen LogP contribution in [0.1, 0.15) is 16.1 Å². The van der Waals surface area contributed by atoms with E-state index in [9.17, 15) is 9.59 Å². The summed E-state index contributed by atoms with van der Waals surface area (Å²) < 4.78 is 1.55. The summed E-state index contributed by atoms with van der Waals surface area (Å²) in [4.78, 5) is 38.0. The van der Waals surface area contributed by atoms with Gasteiger partial charge < -0.3 is 9.88 Å². The number of benzene rings is 1. The standard InChI is InChI=1S/C18H15N5O2/c1-22(10-12-6-3-2-4-7-12)18(25)14-15-17(24)21-13-8-5-9-19-16(13)23(15)11-20-14/h2-9,11H,10H2,1H3,(H,21,24). The first kappa shape index (κ1) is 15.1. The van der Waals surface area contributed by atoms with Crippen LogP contribution in [0.4, 0.5) is 0 Å². The van der Waals surface area contributed by atoms with Gasteiger partial charge in [0.05, 0.1) is 5.52 Å². The predicted octanol–water partition coefficient (Wildman–Crippen LogP) is 1.84. The monoisotopic (exact) mass is 333 g/mol. The molecule has 0 aliphatic carbocycles. The van der Waals surface area contributed by atoms with E-state index in [1.54, 1.807) is 34.7 Å². The zero-order valence-corrected chi connectivity index (χ0v) is 13.5. The molecule has 0 atom stereocenters. The van der Waals surface area contributed by atoms with E-state index in [1.165, 1.54) is 6.33 Å². The van der Waals surface area contributed by atoms with E-state index in [-0.39, 0.29) is 22.7 Å². The number of aromatic nitrogens is 4. The number of hydrogen-bond donors (Lipinski definition) is 1. The summed E-state index contributed by atoms with van der Waals surface area (Å²) in [5, 5.41) is 0. The van der Waals surface area contributed by atoms with Crippen LogP contribution in [0.2, 0.25) is 0 Å². The van der Waals surface area contributed by atoms with Crippen molar-refractivity contribution < 1.29 is 4.79 Å². The van der Waals surface area contributed by atoms with Crippen LogP contribution >= 0.6 is 0 Å². The van der Waals surface area contributed by atoms with E-state index in [4.69, 9.17) is 0 Å². The molecule has 124 valence electrons. The van der Waals surface area contributed by atoms with Gasteiger partial charge in [0, 0.05) is 19.8 Å². The number of carbonyl (C=O) groups is 1. The maximum absolute atomic E-state index is 12.8. The van der Waals surface area contributed by atoms with Crippen LogP contribution in [0, 0.1) is 0 Å². The van der Waals surface area contributed by atoms with E-state index in [2.05, 4.69) is 15.0 Å². The zero-order valence-electron chi connectivity index (χ0n) is 13.5. The number of nitrogens with zero attached hydrogens (tertiary/aromatic N) is 4. The van der Waals surface area contributed by atoms with Gasteiger partial charge in [-0.3, -0.25) is 14.0 Å². The smallest absolute Gasteiger partial charge is 0.275 e. The molecule has 0 aliphatic heterocycles. The molecule has 7 heteroatoms. The average molecular weight is 333 g/mol. The Morgan fingerprint density at radius 1 is 1.16 bits per heavy atom. The second-order valence-corrected chi connectivity index (χ2v) is 5.79. The van der Waals surface area contributed by atoms with Crippen molar-refractivity contribution in [2.24, 2.45) is 0 Å². The largest absolute Gasteiger partial charge is 0.336 e. The number of fused-ring (bicyclic) bond motifs is 3. The first-order valence-electron chi connectivity index (χ1n) is 7.78. The van der Waals surface area contributed by atoms with Crippen molar-refractivity contribution in [2.45, 2.75) is 6.54 Å². The quantitative estimate of drug-likeness (QED) is 0.620. The minimum atomic E-state index is -0.366. The van der Waals surface area contributed by atoms with Gasteiger partial charge in [0.1, 0.15) is 11.8 Å². The number of pyridine rings is 1. The molecule has 0 spiro atoms. The molecular weight excluding hydrogens is 318 g/mol. The fourth-order valence-corrected chi connectivity index (χ4v) is 2.86. The molecule has 0 unspecified atom stereocenters. The highest BCUT2D eigenvalue weighted by atomic mass is 16.2. The van der Waals surface area contributed by atoms with Gasteiger partial charge in [0.15, 0.2) is 11.3 Å². The molecular formula is C18H15N5O2. The van der Waals surface area contributed by atoms with Crippen molar-refractivity contribution in [3.8, 4) is 0 Å². The molecule has 4 rings (SSSR count). The van der Waals surface area contributed by atoms with Gasteiger partial charge in [-0.2, -0.15) is 0 Å². The molecule has 7 nitrogen and oxygen atoms in total. The van der Waals surface area contributed by atoms with Gasteiger partial charge in [-0.1, -0.05) is 30.3 Å². The van der Waals surface area contributed by atoms with Crippen molar-refractivity contribution in [3.63, 3.8) is 0 Å². The highest BCUT2D eigenvalue weighted by Crippen LogP contribution is 2.14. The number of imidazole rings is 1. The second-order valence-electron chi connectivity index (χ2n) is 5.79. The summed E-state index contributed by atoms with van der Waals surface area (Å²) in [6.45, 7) is 0.433. The topological polar surface area (TPSA) is 83.4 Å². The number of aromatic amines is 1. The third-order valence-electron chi connectivity index (χ3n) is 4.06. The maximum atomic E-state index is 12.8. The minimum Gasteiger partial charge on any atom is -0.336 e. The molecule has 1 amide bonds. The number of rotatable bonds is 3. The summed E-state index contributed by atoms with van der Waals surface area (Å²) in [5.74, 6) is -0.313. The zero-order chi connectivity index (χ0) is 17.4. The van der Waals surface area contributed by atoms with Crippen molar-refractivity contribution in [1.29, 1.82) is 0 Å². The summed E-state index contributed by atoms with van der Waals surface area (Å²) in [7, 11) is 1.69. The van der Waals surface area contributed by atoms with Crippen LogP contribution in [-0.2, 0) is 6.54 Å². The summed E-state index contributed by atoms with van der Waals surface area (Å²) in [6.07, 6.45) is 3.09. The van der Waals surface area contributed by atoms with E-state index >= 15 is 0 Å². The third-order valence-corrected chi connectivity index (χ3v) is 4.06. The van der Waals surface area contributed by atoms with E-state index in [1.807, 2.05) is 30.3 Å². The van der Waals surface area contributed by atoms with Crippen LogP contribution in [0.25, 0.3) is 16.7 Å². The summed E-state index contributed by atoms with van der Waals surface area (Å²) >= 11 is 0. The highest BCUT2D eigenvalue weighted by Gasteiger charge is 2.21. The van der Waals surface area contributed by atoms with Crippen LogP contribution in [0.5, 0.6) is 0 Å². The van der Waals surface area contributed by atoms with E-state index < -0.39 is 0 Å². The Morgan fingerprint density at radius 3 is 2.76 bits per heavy atom. The van der Waals surface area contributed by atoms with E-state index in [0.29, 0.717) is 17.7 Å². The molecule has 0 saturated heterocycles. The Labute approximate surface area is 142 Å². The Bertz CT molecular complexity index is 1130. The second kappa shape index (κ2) is 5.86. The molecule has 4 aromatic rings. The molecule has 25 heavy (non-hydrogen) atoms. The lowest BCUT2D eigenvalue weighted by atomic mass is 10.2. The van der Waals surface area contributed by atoms with Gasteiger partial charge in [-0.05, 0) is 17.7 Å². The molecule has 0 bridgehead atoms. The predicted molar refractivity (Wildman–Crippen MR) is 93.4 cm³/mol. The maximum Gasteiger partial charge on any atom is 0.275 e. The normalized spacial score (nSPS) is 11.1. The van der Waals surface area contributed by atoms with Crippen LogP contribution in [-0.4, -0.2) is 37.2 Å². The molecule has 3 aromatic heterocycles. The number of H-pyrrole nitrogens is 1. The Kier molecular flexibility index (Phi) is 3.53. The van der Waals surface area contributed by atoms with Gasteiger partial charge in [0.2, 0.25) is 0 Å². The number of amides is 1. The molecule has 3 heterocycles. The highest BCUT2D eigenvalue weighted by molar-refractivity contribution is 5.99. The lowest BCUT2D eigenvalue weighted by Gasteiger charge is -2.16. The number of nitrogens with one attached hydrogen (secondary N) is 1. The molecule has 0 radical (unpaired) electrons. The third kappa shape index (κ3) is 2.55. The molecule has 0 fully saturated rings. The van der Waals surface area contributed by atoms with Gasteiger partial charge in [-0.25, -0.2) is 9.97 Å². The van der Waals surface area contributed by atoms with Crippen molar-refractivity contribution in [2.75, 3.05) is 7.05 Å². The molecule has 1 N–H and O–H groups in total. The lowest BCUT2D eigenvalue weighted by Crippen LogP contribution is -2.28. The summed E-state index contributed by atoms with van der Waals surface area (Å²) in [5.41, 5.74) is 2.10. The van der Waals surface area contributed by atoms with Gasteiger partial charge >= 0.3 is 0 Å². The molecule has 0 aliphatic rings. The first-order valence-corrected chi connectivity index (χ1v) is 7.78. The SMILES string of the molecule is CN(Cc1ccccc1)C(=O)c1ncn2c1c(=O)[nH]c1cccnc12. The molecule has 1 aromatic carbocycles. The Hall–Kier alpha value is -3.48. The van der Waals surface area contributed by atoms with E-state index in [0.717, 1.165) is 5.56 Å². The van der Waals surface area contributed by atoms with Gasteiger partial charge in [-0.15, -0.1) is 0 Å². The van der Waals surface area contributed by atoms with Crippen molar-refractivity contribution in [1.82, 2.24) is 24.3 Å². The number of carbonyl (C=O) groups excluding carboxylic acids is 1. The van der Waals surface area contributed by atoms with Crippen LogP contribution in [0.15, 0.2) is 59.8 Å². The molecule has 0 saturated carbocycles. The fourth-order valence-electron chi connectivity index (χ4n) is 2.86. The summed E-state index contributed by atoms with van der Waals surface area (Å²) in [6, 6.07) is 13.1. The minimum absolute atomic E-state index is 0.118. The Balaban J connectivity index is 1.78. The van der Waals surface area contributed by atoms with Crippen molar-refractivity contribution in [3.05, 3.63) is 76.6 Å². The number of hydrogen-bond acceptors (Lipinski definition) is 4. The lowest BCUT2D eigenvalue weighted by molar-refractivity contribution is 0.0782. The van der Waals surface area contributed by atoms with Crippen molar-refractivity contribution >= 4 is 22.6 Å². The fraction of sp³-hybridized carbons (Fsp3) is 0.111. The first-order chi connectivity index (χ1) is 12.1. The van der Waals surface area contributed by atoms with Crippen LogP contribution < -0.4 is 5.56 Å². The van der Waals surface area contributed by atoms with Crippen LogP contribution in [0.3, 0.4) is 0 Å².